The van der Waals surface area contributed by atoms with E-state index < -0.39 is 0 Å². The van der Waals surface area contributed by atoms with Crippen molar-refractivity contribution in [3.8, 4) is 0 Å². The topological polar surface area (TPSA) is 81.2 Å². The van der Waals surface area contributed by atoms with Gasteiger partial charge in [-0.05, 0) is 140 Å². The fourth-order valence-corrected chi connectivity index (χ4v) is 9.79. The Balaban J connectivity index is 1.82. The molecule has 0 aromatic carbocycles. The molecule has 0 unspecified atom stereocenters. The van der Waals surface area contributed by atoms with Gasteiger partial charge < -0.3 is 20.9 Å². The van der Waals surface area contributed by atoms with Crippen molar-refractivity contribution in [1.29, 1.82) is 0 Å². The molecule has 0 radical (unpaired) electrons. The van der Waals surface area contributed by atoms with Crippen LogP contribution in [0.3, 0.4) is 0 Å². The summed E-state index contributed by atoms with van der Waals surface area (Å²) in [7, 11) is 0. The molecule has 0 saturated carbocycles. The Bertz CT molecular complexity index is 1200. The van der Waals surface area contributed by atoms with Gasteiger partial charge in [-0.15, -0.1) is 0 Å². The van der Waals surface area contributed by atoms with Gasteiger partial charge in [0.05, 0.1) is 0 Å². The van der Waals surface area contributed by atoms with E-state index in [0.29, 0.717) is 24.1 Å². The Morgan fingerprint density at radius 1 is 0.660 bits per heavy atom. The Morgan fingerprint density at radius 3 is 1.56 bits per heavy atom. The third-order valence-corrected chi connectivity index (χ3v) is 10.4. The minimum atomic E-state index is -0.193. The fraction of sp³-hybridized carbons (Fsp3) is 0.929. The lowest BCUT2D eigenvalue weighted by Crippen LogP contribution is -2.63. The minimum absolute atomic E-state index is 0.0262. The lowest BCUT2D eigenvalue weighted by molar-refractivity contribution is 0.0466. The van der Waals surface area contributed by atoms with Gasteiger partial charge in [0.25, 0.3) is 0 Å². The number of hydrogen-bond donors (Lipinski definition) is 3. The maximum absolute atomic E-state index is 5.24. The van der Waals surface area contributed by atoms with Crippen molar-refractivity contribution < 1.29 is 0 Å². The molecular formula is C42H82N8. The molecule has 0 amide bonds. The van der Waals surface area contributed by atoms with Crippen molar-refractivity contribution >= 4 is 11.9 Å². The standard InChI is InChI=1S/C42H82N8/c1-30(2)49(31-25-38(9,10)47-39(11,12)26-31)23-21-19-20-22-24-50(32-27-40(13,14)48-41(15,16)28-32)35-44-33(37(6,7)8)43-34(45-35)46-42(17,18)29-36(3,4)5/h30-32,47-48H,19-29H2,1-18H3,(H,43,44,45,46). The van der Waals surface area contributed by atoms with Crippen LogP contribution in [0.5, 0.6) is 0 Å². The molecule has 3 rings (SSSR count). The summed E-state index contributed by atoms with van der Waals surface area (Å²) in [6, 6.07) is 1.53. The average molecular weight is 699 g/mol. The van der Waals surface area contributed by atoms with Crippen molar-refractivity contribution in [3.05, 3.63) is 5.82 Å². The van der Waals surface area contributed by atoms with Gasteiger partial charge in [-0.3, -0.25) is 4.90 Å². The molecule has 2 aliphatic rings. The second kappa shape index (κ2) is 15.5. The molecule has 50 heavy (non-hydrogen) atoms. The summed E-state index contributed by atoms with van der Waals surface area (Å²) in [6.45, 7) is 43.9. The van der Waals surface area contributed by atoms with E-state index in [9.17, 15) is 0 Å². The van der Waals surface area contributed by atoms with Crippen LogP contribution in [0.2, 0.25) is 0 Å². The molecule has 1 aromatic rings. The molecule has 290 valence electrons. The highest BCUT2D eigenvalue weighted by Crippen LogP contribution is 2.36. The number of aromatic nitrogens is 3. The Morgan fingerprint density at radius 2 is 1.12 bits per heavy atom. The van der Waals surface area contributed by atoms with Crippen LogP contribution < -0.4 is 20.9 Å². The van der Waals surface area contributed by atoms with Crippen LogP contribution in [0.4, 0.5) is 11.9 Å². The number of hydrogen-bond acceptors (Lipinski definition) is 8. The monoisotopic (exact) mass is 699 g/mol. The Labute approximate surface area is 309 Å². The molecular weight excluding hydrogens is 617 g/mol. The number of nitrogens with one attached hydrogen (secondary N) is 3. The van der Waals surface area contributed by atoms with E-state index in [0.717, 1.165) is 44.0 Å². The maximum Gasteiger partial charge on any atom is 0.230 e. The van der Waals surface area contributed by atoms with Crippen LogP contribution in [0.1, 0.15) is 188 Å². The van der Waals surface area contributed by atoms with Gasteiger partial charge in [0.15, 0.2) is 0 Å². The van der Waals surface area contributed by atoms with Gasteiger partial charge in [-0.1, -0.05) is 54.4 Å². The zero-order valence-corrected chi connectivity index (χ0v) is 36.2. The molecule has 3 N–H and O–H groups in total. The molecule has 2 aliphatic heterocycles. The molecule has 8 heteroatoms. The van der Waals surface area contributed by atoms with E-state index in [-0.39, 0.29) is 38.5 Å². The fourth-order valence-electron chi connectivity index (χ4n) is 9.79. The largest absolute Gasteiger partial charge is 0.349 e. The van der Waals surface area contributed by atoms with Crippen LogP contribution in [-0.4, -0.2) is 78.8 Å². The lowest BCUT2D eigenvalue weighted by Gasteiger charge is -2.50. The molecule has 0 aliphatic carbocycles. The highest BCUT2D eigenvalue weighted by Gasteiger charge is 2.42. The van der Waals surface area contributed by atoms with Gasteiger partial charge in [-0.25, -0.2) is 0 Å². The quantitative estimate of drug-likeness (QED) is 0.166. The first kappa shape index (κ1) is 42.9. The van der Waals surface area contributed by atoms with Crippen molar-refractivity contribution in [1.82, 2.24) is 30.5 Å². The molecule has 1 aromatic heterocycles. The summed E-state index contributed by atoms with van der Waals surface area (Å²) in [5, 5.41) is 11.5. The summed E-state index contributed by atoms with van der Waals surface area (Å²) in [5.41, 5.74) is 0.225. The SMILES string of the molecule is CC(C)N(CCCCCCN(c1nc(NC(C)(C)CC(C)(C)C)nc(C(C)(C)C)n1)C1CC(C)(C)NC(C)(C)C1)C1CC(C)(C)NC(C)(C)C1. The highest BCUT2D eigenvalue weighted by atomic mass is 15.3. The number of anilines is 2. The normalized spacial score (nSPS) is 21.5. The van der Waals surface area contributed by atoms with Gasteiger partial charge in [0.2, 0.25) is 11.9 Å². The third kappa shape index (κ3) is 13.5. The lowest BCUT2D eigenvalue weighted by atomic mass is 9.78. The first-order valence-corrected chi connectivity index (χ1v) is 20.1. The predicted octanol–water partition coefficient (Wildman–Crippen LogP) is 9.49. The van der Waals surface area contributed by atoms with Gasteiger partial charge in [0, 0.05) is 57.8 Å². The average Bonchev–Trinajstić information content (AvgIpc) is 2.83. The van der Waals surface area contributed by atoms with E-state index >= 15 is 0 Å². The first-order chi connectivity index (χ1) is 22.5. The Kier molecular flexibility index (Phi) is 13.3. The number of unbranched alkanes of at least 4 members (excludes halogenated alkanes) is 3. The van der Waals surface area contributed by atoms with Crippen LogP contribution in [0.15, 0.2) is 0 Å². The summed E-state index contributed by atoms with van der Waals surface area (Å²) in [4.78, 5) is 20.9. The third-order valence-electron chi connectivity index (χ3n) is 10.4. The van der Waals surface area contributed by atoms with E-state index in [2.05, 4.69) is 150 Å². The van der Waals surface area contributed by atoms with Crippen molar-refractivity contribution in [2.24, 2.45) is 5.41 Å². The number of nitrogens with zero attached hydrogens (tertiary/aromatic N) is 5. The molecule has 0 bridgehead atoms. The van der Waals surface area contributed by atoms with Crippen molar-refractivity contribution in [3.63, 3.8) is 0 Å². The molecule has 0 atom stereocenters. The van der Waals surface area contributed by atoms with Crippen LogP contribution in [0, 0.1) is 5.41 Å². The predicted molar refractivity (Wildman–Crippen MR) is 217 cm³/mol. The first-order valence-electron chi connectivity index (χ1n) is 20.1. The van der Waals surface area contributed by atoms with Crippen molar-refractivity contribution in [2.45, 2.75) is 234 Å². The van der Waals surface area contributed by atoms with E-state index in [1.165, 1.54) is 38.6 Å². The zero-order chi connectivity index (χ0) is 38.1. The van der Waals surface area contributed by atoms with Crippen LogP contribution >= 0.6 is 0 Å². The molecule has 0 spiro atoms. The van der Waals surface area contributed by atoms with E-state index in [1.54, 1.807) is 0 Å². The molecule has 3 heterocycles. The van der Waals surface area contributed by atoms with Gasteiger partial charge >= 0.3 is 0 Å². The molecule has 2 saturated heterocycles. The van der Waals surface area contributed by atoms with E-state index in [1.807, 2.05) is 0 Å². The summed E-state index contributed by atoms with van der Waals surface area (Å²) >= 11 is 0. The summed E-state index contributed by atoms with van der Waals surface area (Å²) in [6.07, 6.45) is 10.4. The van der Waals surface area contributed by atoms with E-state index in [4.69, 9.17) is 15.0 Å². The summed E-state index contributed by atoms with van der Waals surface area (Å²) < 4.78 is 0. The number of piperidine rings is 2. The Hall–Kier alpha value is -1.51. The second-order valence-electron chi connectivity index (χ2n) is 22.1. The van der Waals surface area contributed by atoms with Gasteiger partial charge in [-0.2, -0.15) is 15.0 Å². The molecule has 8 nitrogen and oxygen atoms in total. The maximum atomic E-state index is 5.24. The number of rotatable bonds is 14. The smallest absolute Gasteiger partial charge is 0.230 e. The highest BCUT2D eigenvalue weighted by molar-refractivity contribution is 5.41. The zero-order valence-electron chi connectivity index (χ0n) is 36.2. The summed E-state index contributed by atoms with van der Waals surface area (Å²) in [5.74, 6) is 2.39. The van der Waals surface area contributed by atoms with Crippen molar-refractivity contribution in [2.75, 3.05) is 23.3 Å². The second-order valence-corrected chi connectivity index (χ2v) is 22.1. The molecule has 2 fully saturated rings. The minimum Gasteiger partial charge on any atom is -0.349 e. The van der Waals surface area contributed by atoms with Crippen LogP contribution in [-0.2, 0) is 5.41 Å². The van der Waals surface area contributed by atoms with Crippen LogP contribution in [0.25, 0.3) is 0 Å². The van der Waals surface area contributed by atoms with Gasteiger partial charge in [0.1, 0.15) is 5.82 Å².